The summed E-state index contributed by atoms with van der Waals surface area (Å²) in [5.74, 6) is -17.8. The third kappa shape index (κ3) is 21.2. The Morgan fingerprint density at radius 2 is 1.15 bits per heavy atom. The van der Waals surface area contributed by atoms with Gasteiger partial charge in [0, 0.05) is 41.8 Å². The Morgan fingerprint density at radius 3 is 1.83 bits per heavy atom. The largest absolute Gasteiger partial charge is 0.508 e. The zero-order valence-corrected chi connectivity index (χ0v) is 71.8. The van der Waals surface area contributed by atoms with E-state index in [-0.39, 0.29) is 65.7 Å². The Bertz CT molecular complexity index is 5330. The number of carbonyl (C=O) groups excluding carboxylic acids is 8. The van der Waals surface area contributed by atoms with E-state index in [1.54, 1.807) is 19.0 Å². The highest BCUT2D eigenvalue weighted by molar-refractivity contribution is 6.33. The van der Waals surface area contributed by atoms with Gasteiger partial charge in [0.2, 0.25) is 65.6 Å². The van der Waals surface area contributed by atoms with Crippen molar-refractivity contribution in [2.75, 3.05) is 40.8 Å². The molecule has 128 heavy (non-hydrogen) atoms. The molecule has 0 unspecified atom stereocenters. The highest BCUT2D eigenvalue weighted by Gasteiger charge is 2.52. The van der Waals surface area contributed by atoms with Crippen molar-refractivity contribution in [1.82, 2.24) is 52.8 Å². The second-order valence-corrected chi connectivity index (χ2v) is 33.1. The number of likely N-dealkylation sites (N-methyl/N-ethyl adjacent to an activating group) is 1. The van der Waals surface area contributed by atoms with Crippen LogP contribution in [-0.4, -0.2) is 228 Å². The van der Waals surface area contributed by atoms with Crippen molar-refractivity contribution >= 4 is 88.8 Å². The van der Waals surface area contributed by atoms with Gasteiger partial charge in [-0.3, -0.25) is 38.4 Å². The van der Waals surface area contributed by atoms with Crippen LogP contribution >= 0.6 is 35.6 Å². The Balaban J connectivity index is 0.0000149. The summed E-state index contributed by atoms with van der Waals surface area (Å²) in [6, 6.07) is 4.87. The van der Waals surface area contributed by atoms with Crippen LogP contribution in [0.3, 0.4) is 0 Å². The number of fused-ring (bicyclic) bond motifs is 14. The van der Waals surface area contributed by atoms with E-state index in [0.29, 0.717) is 25.3 Å². The van der Waals surface area contributed by atoms with E-state index < -0.39 is 265 Å². The number of carbonyl (C=O) groups is 9. The normalized spacial score (nSPS) is 25.7. The Morgan fingerprint density at radius 1 is 0.539 bits per heavy atom. The first kappa shape index (κ1) is 95.5. The van der Waals surface area contributed by atoms with Gasteiger partial charge in [0.05, 0.1) is 16.7 Å². The summed E-state index contributed by atoms with van der Waals surface area (Å²) in [6.45, 7) is 3.61. The second kappa shape index (κ2) is 41.2. The van der Waals surface area contributed by atoms with Gasteiger partial charge in [-0.15, -0.1) is 12.4 Å². The average molecular weight is 1840 g/mol. The highest BCUT2D eigenvalue weighted by atomic mass is 35.5. The Kier molecular flexibility index (Phi) is 30.8. The van der Waals surface area contributed by atoms with Gasteiger partial charge in [-0.2, -0.15) is 0 Å². The van der Waals surface area contributed by atoms with Gasteiger partial charge in [0.1, 0.15) is 131 Å². The summed E-state index contributed by atoms with van der Waals surface area (Å²) >= 11 is 14.3. The number of phenolic OH excluding ortho intramolecular Hbond substituents is 4. The summed E-state index contributed by atoms with van der Waals surface area (Å²) in [5, 5.41) is 161. The topological polar surface area (TPSA) is 573 Å². The van der Waals surface area contributed by atoms with Crippen molar-refractivity contribution in [3.8, 4) is 80.1 Å². The molecule has 8 amide bonds. The molecule has 21 N–H and O–H groups in total. The molecule has 41 heteroatoms. The Hall–Kier alpha value is -11.6. The molecule has 686 valence electrons. The number of phenols is 4. The van der Waals surface area contributed by atoms with E-state index in [1.807, 2.05) is 0 Å². The lowest BCUT2D eigenvalue weighted by molar-refractivity contribution is -0.277. The minimum Gasteiger partial charge on any atom is -0.508 e. The van der Waals surface area contributed by atoms with Gasteiger partial charge in [-0.1, -0.05) is 106 Å². The molecule has 38 nitrogen and oxygen atoms in total. The molecule has 0 radical (unpaired) electrons. The van der Waals surface area contributed by atoms with E-state index in [9.17, 15) is 75.7 Å². The van der Waals surface area contributed by atoms with Gasteiger partial charge in [-0.05, 0) is 153 Å². The van der Waals surface area contributed by atoms with Crippen LogP contribution in [0.2, 0.25) is 10.0 Å². The molecule has 18 atom stereocenters. The molecule has 0 spiro atoms. The molecule has 7 aromatic rings. The molecule has 7 aromatic carbocycles. The SMILES string of the molecule is CN[C@@H]1C(=O)N[C@@H]2C(=O)N[C@@H](C(=O)N[C@H]3C(=O)N[C@@H]4C(=O)N[C@@H](C(=O)N[C@@H](C(=O)NCCCN(C)C)c5cc(O)cc(O[C@H]6O[C@@H](CO)[C@@H](O)[C@H](O)[C@H]6O)c5-c5cc4ccc5O)[C@H](O)c4ccc(c(Cl)c4)Oc4cc3cc(c4O[C@@H]3O[C@@H](C(=O)O)[C@@H](O)[C@H](O)[C@@H]3NC(=O)CCCCCCCCC(C)C)Oc3ccc2cc3)c2cc(cc(O)c2Cl)Oc2cc1ccc2O.Cl. The minimum absolute atomic E-state index is 0. The third-order valence-corrected chi connectivity index (χ3v) is 23.2. The van der Waals surface area contributed by atoms with Crippen LogP contribution in [-0.2, 0) is 52.6 Å². The number of aliphatic hydroxyl groups excluding tert-OH is 7. The van der Waals surface area contributed by atoms with E-state index in [1.165, 1.54) is 49.5 Å². The van der Waals surface area contributed by atoms with Crippen molar-refractivity contribution < 1.29 is 138 Å². The number of nitrogens with zero attached hydrogens (tertiary/aromatic N) is 1. The molecular formula is C87H99Cl3N10O28. The Labute approximate surface area is 747 Å². The van der Waals surface area contributed by atoms with Crippen LogP contribution < -0.4 is 71.5 Å². The lowest BCUT2D eigenvalue weighted by Crippen LogP contribution is -2.66. The van der Waals surface area contributed by atoms with Gasteiger partial charge in [-0.25, -0.2) is 4.79 Å². The number of halogens is 3. The molecule has 0 aliphatic carbocycles. The average Bonchev–Trinajstić information content (AvgIpc) is 0.774. The maximum absolute atomic E-state index is 16.8. The molecule has 8 heterocycles. The number of amides is 8. The van der Waals surface area contributed by atoms with Crippen LogP contribution in [0.15, 0.2) is 115 Å². The van der Waals surface area contributed by atoms with Crippen LogP contribution in [0, 0.1) is 5.92 Å². The fourth-order valence-corrected chi connectivity index (χ4v) is 16.2. The summed E-state index contributed by atoms with van der Waals surface area (Å²) in [5.41, 5.74) is -3.05. The second-order valence-electron chi connectivity index (χ2n) is 32.3. The number of carboxylic acids is 1. The molecule has 15 rings (SSSR count). The van der Waals surface area contributed by atoms with Crippen molar-refractivity contribution in [2.45, 2.75) is 181 Å². The highest BCUT2D eigenvalue weighted by Crippen LogP contribution is 2.51. The fraction of sp³-hybridized carbons (Fsp3) is 0.414. The van der Waals surface area contributed by atoms with E-state index >= 15 is 28.8 Å². The molecule has 0 aromatic heterocycles. The predicted octanol–water partition coefficient (Wildman–Crippen LogP) is 4.72. The number of aliphatic carboxylic acids is 1. The minimum atomic E-state index is -2.45. The maximum Gasteiger partial charge on any atom is 0.335 e. The van der Waals surface area contributed by atoms with Crippen LogP contribution in [0.4, 0.5) is 0 Å². The fourth-order valence-electron chi connectivity index (χ4n) is 15.8. The molecule has 8 aliphatic rings. The number of benzene rings is 7. The van der Waals surface area contributed by atoms with E-state index in [2.05, 4.69) is 61.7 Å². The van der Waals surface area contributed by atoms with Gasteiger partial charge >= 0.3 is 5.97 Å². The third-order valence-electron chi connectivity index (χ3n) is 22.5. The quantitative estimate of drug-likeness (QED) is 0.0408. The first-order valence-electron chi connectivity index (χ1n) is 41.0. The number of carboxylic acid groups (broad SMARTS) is 1. The summed E-state index contributed by atoms with van der Waals surface area (Å²) < 4.78 is 44.4. The number of nitrogens with one attached hydrogen (secondary N) is 9. The zero-order chi connectivity index (χ0) is 91.3. The van der Waals surface area contributed by atoms with Crippen LogP contribution in [0.5, 0.6) is 69.0 Å². The summed E-state index contributed by atoms with van der Waals surface area (Å²) in [4.78, 5) is 140. The number of unbranched alkanes of at least 4 members (excludes halogenated alkanes) is 5. The summed E-state index contributed by atoms with van der Waals surface area (Å²) in [7, 11) is 4.94. The number of ether oxygens (including phenoxy) is 7. The maximum atomic E-state index is 16.8. The standard InChI is InChI=1S/C87H98Cl2N10O28.ClH/c1-37(2)13-10-8-6-7-9-11-14-59(105)92-69-72(108)74(110)77(85(119)120)127-86(69)126-76-56-30-42-31-57(76)123-53-24-19-41(28-49(53)88)70(106)68-84(118)96-66(78(112)91-25-12-26-99(4)5)47-32-43(101)33-55(124-87-75(111)73(109)71(107)58(36-100)125-87)60(47)46-27-39(17-22-50(46)102)64(81(115)98-68)94-82(116)65(42)95-83(117)67-48-34-45(35-52(104)61(48)89)122-54-29-40(18-23-51(54)103)62(90-3)79(113)93-63(80(114)97-67)38-15-20-44(121-56)21-16-38;/h15-24,27-35,37,58,62-75,77,86-87,90,100-104,106-111H,6-14,25-26,36H2,1-5H3,(H,91,112)(H,92,105)(H,93,113)(H,94,116)(H,95,117)(H,96,118)(H,97,114)(H,98,115)(H,119,120);1H/t58-,62-,63-,64-,65+,66+,67+,68+,69-,70+,71+,72+,73-,74-,75+,77+,86+,87-;/m0./s1. The molecular weight excluding hydrogens is 1740 g/mol. The molecule has 8 aliphatic heterocycles. The van der Waals surface area contributed by atoms with E-state index in [4.69, 9.17) is 56.4 Å². The van der Waals surface area contributed by atoms with Crippen molar-refractivity contribution in [2.24, 2.45) is 5.92 Å². The van der Waals surface area contributed by atoms with Crippen molar-refractivity contribution in [1.29, 1.82) is 0 Å². The number of aliphatic hydroxyl groups is 7. The van der Waals surface area contributed by atoms with Gasteiger partial charge in [0.25, 0.3) is 0 Å². The number of rotatable bonds is 22. The van der Waals surface area contributed by atoms with Crippen LogP contribution in [0.25, 0.3) is 11.1 Å². The molecule has 2 saturated heterocycles. The predicted molar refractivity (Wildman–Crippen MR) is 455 cm³/mol. The smallest absolute Gasteiger partial charge is 0.335 e. The summed E-state index contributed by atoms with van der Waals surface area (Å²) in [6.07, 6.45) is -15.5. The number of aromatic hydroxyl groups is 4. The van der Waals surface area contributed by atoms with Gasteiger partial charge in [0.15, 0.2) is 29.1 Å². The van der Waals surface area contributed by atoms with Crippen molar-refractivity contribution in [3.63, 3.8) is 0 Å². The first-order chi connectivity index (χ1) is 60.6. The number of hydrogen-bond donors (Lipinski definition) is 21. The molecule has 2 fully saturated rings. The van der Waals surface area contributed by atoms with Crippen LogP contribution in [0.1, 0.15) is 153 Å². The lowest BCUT2D eigenvalue weighted by atomic mass is 9.89. The first-order valence-corrected chi connectivity index (χ1v) is 41.8. The zero-order valence-electron chi connectivity index (χ0n) is 69.4. The van der Waals surface area contributed by atoms with E-state index in [0.717, 1.165) is 105 Å². The monoisotopic (exact) mass is 1840 g/mol. The van der Waals surface area contributed by atoms with Gasteiger partial charge < -0.3 is 147 Å². The lowest BCUT2D eigenvalue weighted by Gasteiger charge is -2.41. The number of hydrogen-bond acceptors (Lipinski definition) is 29. The molecule has 17 bridgehead atoms. The molecule has 0 saturated carbocycles. The van der Waals surface area contributed by atoms with Crippen molar-refractivity contribution in [3.05, 3.63) is 164 Å².